The first kappa shape index (κ1) is 12.8. The van der Waals surface area contributed by atoms with E-state index in [-0.39, 0.29) is 0 Å². The highest BCUT2D eigenvalue weighted by Gasteiger charge is 1.86. The topological polar surface area (TPSA) is 32.9 Å². The number of hydrogen-bond acceptors (Lipinski definition) is 1. The average Bonchev–Trinajstić information content (AvgIpc) is 2.95. The molecule has 1 heterocycles. The molecule has 3 aromatic rings. The van der Waals surface area contributed by atoms with Crippen LogP contribution in [0.1, 0.15) is 5.56 Å². The second-order valence-corrected chi connectivity index (χ2v) is 3.97. The first-order valence-electron chi connectivity index (χ1n) is 6.09. The Bertz CT molecular complexity index is 623. The van der Waals surface area contributed by atoms with Gasteiger partial charge in [-0.05, 0) is 29.2 Å². The van der Waals surface area contributed by atoms with E-state index in [1.54, 1.807) is 6.08 Å². The van der Waals surface area contributed by atoms with Crippen molar-refractivity contribution in [2.75, 3.05) is 0 Å². The van der Waals surface area contributed by atoms with Crippen molar-refractivity contribution in [2.45, 2.75) is 0 Å². The molecule has 0 aliphatic carbocycles. The minimum atomic E-state index is 0.771. The fourth-order valence-corrected chi connectivity index (χ4v) is 1.71. The van der Waals surface area contributed by atoms with Gasteiger partial charge in [0.2, 0.25) is 0 Å². The molecule has 2 nitrogen and oxygen atoms in total. The Morgan fingerprint density at radius 3 is 2.32 bits per heavy atom. The number of hydrogen-bond donors (Lipinski definition) is 1. The second-order valence-electron chi connectivity index (χ2n) is 3.97. The van der Waals surface area contributed by atoms with Crippen molar-refractivity contribution in [3.8, 4) is 0 Å². The maximum atomic E-state index is 9.89. The first-order chi connectivity index (χ1) is 9.40. The quantitative estimate of drug-likeness (QED) is 0.539. The van der Waals surface area contributed by atoms with Crippen molar-refractivity contribution in [3.63, 3.8) is 0 Å². The normalized spacial score (nSPS) is 10.1. The molecule has 0 radical (unpaired) electrons. The summed E-state index contributed by atoms with van der Waals surface area (Å²) in [6.45, 7) is 0. The maximum Gasteiger partial charge on any atom is 0.142 e. The predicted molar refractivity (Wildman–Crippen MR) is 79.8 cm³/mol. The van der Waals surface area contributed by atoms with Crippen LogP contribution in [0.25, 0.3) is 17.0 Å². The molecular weight excluding hydrogens is 234 g/mol. The zero-order valence-electron chi connectivity index (χ0n) is 10.5. The van der Waals surface area contributed by atoms with E-state index >= 15 is 0 Å². The van der Waals surface area contributed by atoms with E-state index in [2.05, 4.69) is 23.2 Å². The molecule has 2 heteroatoms. The number of carbonyl (C=O) groups excluding carboxylic acids is 1. The molecule has 94 valence electrons. The van der Waals surface area contributed by atoms with Gasteiger partial charge in [0.25, 0.3) is 0 Å². The molecule has 3 rings (SSSR count). The average molecular weight is 249 g/mol. The monoisotopic (exact) mass is 249 g/mol. The zero-order chi connectivity index (χ0) is 13.3. The molecule has 19 heavy (non-hydrogen) atoms. The minimum absolute atomic E-state index is 0.771. The lowest BCUT2D eigenvalue weighted by Crippen LogP contribution is -1.67. The summed E-state index contributed by atoms with van der Waals surface area (Å²) in [5, 5.41) is 1.28. The van der Waals surface area contributed by atoms with Crippen LogP contribution in [0.2, 0.25) is 0 Å². The van der Waals surface area contributed by atoms with Gasteiger partial charge in [-0.2, -0.15) is 0 Å². The van der Waals surface area contributed by atoms with Crippen LogP contribution in [0.4, 0.5) is 0 Å². The van der Waals surface area contributed by atoms with Crippen molar-refractivity contribution in [1.82, 2.24) is 4.98 Å². The van der Waals surface area contributed by atoms with E-state index in [4.69, 9.17) is 0 Å². The Hall–Kier alpha value is -2.61. The van der Waals surface area contributed by atoms with E-state index in [1.807, 2.05) is 48.7 Å². The number of allylic oxidation sites excluding steroid dienone is 1. The summed E-state index contributed by atoms with van der Waals surface area (Å²) >= 11 is 0. The van der Waals surface area contributed by atoms with Gasteiger partial charge in [0.05, 0.1) is 0 Å². The van der Waals surface area contributed by atoms with Gasteiger partial charge in [-0.3, -0.25) is 4.79 Å². The molecule has 0 saturated carbocycles. The van der Waals surface area contributed by atoms with Crippen molar-refractivity contribution in [2.24, 2.45) is 0 Å². The van der Waals surface area contributed by atoms with Crippen LogP contribution < -0.4 is 0 Å². The molecule has 1 N–H and O–H groups in total. The van der Waals surface area contributed by atoms with Crippen molar-refractivity contribution in [3.05, 3.63) is 78.5 Å². The Morgan fingerprint density at radius 1 is 0.842 bits per heavy atom. The van der Waals surface area contributed by atoms with Crippen molar-refractivity contribution >= 4 is 23.3 Å². The number of para-hydroxylation sites is 1. The Balaban J connectivity index is 0.000000141. The highest BCUT2D eigenvalue weighted by Crippen LogP contribution is 2.09. The Kier molecular flexibility index (Phi) is 4.71. The van der Waals surface area contributed by atoms with Gasteiger partial charge >= 0.3 is 0 Å². The number of benzene rings is 2. The lowest BCUT2D eigenvalue weighted by molar-refractivity contribution is -0.104. The summed E-state index contributed by atoms with van der Waals surface area (Å²) in [6.07, 6.45) is 5.97. The molecule has 2 aromatic carbocycles. The third-order valence-electron chi connectivity index (χ3n) is 2.63. The largest absolute Gasteiger partial charge is 0.361 e. The zero-order valence-corrected chi connectivity index (χ0v) is 10.5. The number of fused-ring (bicyclic) bond motifs is 1. The summed E-state index contributed by atoms with van der Waals surface area (Å²) in [5.41, 5.74) is 2.26. The lowest BCUT2D eigenvalue weighted by atomic mass is 10.2. The van der Waals surface area contributed by atoms with Crippen molar-refractivity contribution in [1.29, 1.82) is 0 Å². The standard InChI is InChI=1S/C9H8O.C8H7N/c10-8-4-7-9-5-2-1-3-6-9;1-2-4-8-7(3-1)5-6-9-8/h1-8H;1-6,9H. The molecule has 0 aliphatic heterocycles. The number of carbonyl (C=O) groups is 1. The van der Waals surface area contributed by atoms with Crippen LogP contribution in [0.3, 0.4) is 0 Å². The summed E-state index contributed by atoms with van der Waals surface area (Å²) < 4.78 is 0. The van der Waals surface area contributed by atoms with E-state index in [0.717, 1.165) is 11.8 Å². The predicted octanol–water partition coefficient (Wildman–Crippen LogP) is 4.07. The van der Waals surface area contributed by atoms with E-state index < -0.39 is 0 Å². The van der Waals surface area contributed by atoms with Gasteiger partial charge in [-0.25, -0.2) is 0 Å². The van der Waals surface area contributed by atoms with Crippen LogP contribution in [-0.2, 0) is 4.79 Å². The number of rotatable bonds is 2. The number of aromatic amines is 1. The highest BCUT2D eigenvalue weighted by molar-refractivity contribution is 5.78. The van der Waals surface area contributed by atoms with Crippen molar-refractivity contribution < 1.29 is 4.79 Å². The van der Waals surface area contributed by atoms with E-state index in [1.165, 1.54) is 17.0 Å². The first-order valence-corrected chi connectivity index (χ1v) is 6.09. The third-order valence-corrected chi connectivity index (χ3v) is 2.63. The van der Waals surface area contributed by atoms with Gasteiger partial charge < -0.3 is 4.98 Å². The molecule has 0 spiro atoms. The second kappa shape index (κ2) is 6.97. The Morgan fingerprint density at radius 2 is 1.58 bits per heavy atom. The number of aldehydes is 1. The smallest absolute Gasteiger partial charge is 0.142 e. The van der Waals surface area contributed by atoms with Gasteiger partial charge in [0.1, 0.15) is 6.29 Å². The third kappa shape index (κ3) is 3.96. The van der Waals surface area contributed by atoms with Crippen LogP contribution in [0.5, 0.6) is 0 Å². The minimum Gasteiger partial charge on any atom is -0.361 e. The molecule has 0 aliphatic rings. The highest BCUT2D eigenvalue weighted by atomic mass is 16.1. The fourth-order valence-electron chi connectivity index (χ4n) is 1.71. The van der Waals surface area contributed by atoms with Gasteiger partial charge in [0.15, 0.2) is 0 Å². The lowest BCUT2D eigenvalue weighted by Gasteiger charge is -1.86. The van der Waals surface area contributed by atoms with Crippen LogP contribution in [0, 0.1) is 0 Å². The molecule has 0 fully saturated rings. The number of nitrogens with one attached hydrogen (secondary N) is 1. The molecular formula is C17H15NO. The van der Waals surface area contributed by atoms with Crippen LogP contribution in [0.15, 0.2) is 72.9 Å². The Labute approximate surface area is 112 Å². The summed E-state index contributed by atoms with van der Waals surface area (Å²) in [5.74, 6) is 0. The molecule has 0 amide bonds. The molecule has 0 bridgehead atoms. The fraction of sp³-hybridized carbons (Fsp3) is 0. The van der Waals surface area contributed by atoms with E-state index in [0.29, 0.717) is 0 Å². The number of H-pyrrole nitrogens is 1. The molecule has 0 saturated heterocycles. The summed E-state index contributed by atoms with van der Waals surface area (Å²) in [6, 6.07) is 20.0. The molecule has 1 aromatic heterocycles. The van der Waals surface area contributed by atoms with Gasteiger partial charge in [0, 0.05) is 11.7 Å². The molecule has 0 unspecified atom stereocenters. The van der Waals surface area contributed by atoms with E-state index in [9.17, 15) is 4.79 Å². The summed E-state index contributed by atoms with van der Waals surface area (Å²) in [4.78, 5) is 13.0. The molecule has 0 atom stereocenters. The van der Waals surface area contributed by atoms with Crippen LogP contribution in [-0.4, -0.2) is 11.3 Å². The SMILES string of the molecule is O=CC=Cc1ccccc1.c1ccc2[nH]ccc2c1. The summed E-state index contributed by atoms with van der Waals surface area (Å²) in [7, 11) is 0. The van der Waals surface area contributed by atoms with Gasteiger partial charge in [-0.15, -0.1) is 0 Å². The maximum absolute atomic E-state index is 9.89. The number of aromatic nitrogens is 1. The van der Waals surface area contributed by atoms with Crippen LogP contribution >= 0.6 is 0 Å². The van der Waals surface area contributed by atoms with Gasteiger partial charge in [-0.1, -0.05) is 54.6 Å².